The summed E-state index contributed by atoms with van der Waals surface area (Å²) < 4.78 is 30.3. The molecular formula is C71H121N2O7P. The zero-order chi connectivity index (χ0) is 59.3. The summed E-state index contributed by atoms with van der Waals surface area (Å²) in [6.45, 7) is 6.64. The first-order valence-corrected chi connectivity index (χ1v) is 34.0. The van der Waals surface area contributed by atoms with Crippen LogP contribution in [0.4, 0.5) is 0 Å². The van der Waals surface area contributed by atoms with Crippen LogP contribution in [0.1, 0.15) is 252 Å². The number of carbonyl (C=O) groups excluding carboxylic acids is 2. The van der Waals surface area contributed by atoms with E-state index in [4.69, 9.17) is 13.8 Å². The molecule has 9 nitrogen and oxygen atoms in total. The number of allylic oxidation sites excluding steroid dienone is 21. The normalized spacial score (nSPS) is 14.5. The third kappa shape index (κ3) is 60.6. The molecule has 0 aliphatic carbocycles. The topological polar surface area (TPSA) is 114 Å². The standard InChI is InChI=1S/C71H121N2O7P/c1-7-10-13-16-19-22-25-28-30-32-33-34-35-36-37-38-39-41-43-46-49-52-55-58-61-64-71(75)80-69(62-59-56-53-50-47-44-27-24-21-18-15-12-9-3)68(67-79-81(76,77)78-66-65-73(4,5)6)72-70(74)63-60-57-54-51-48-45-42-40-31-29-26-23-20-17-14-11-8-2/h10,13,19-20,22-23,28-31,33-34,36-37,39,41-42,45,51,54,59,62,68-69H,7-9,11-12,14-18,21,24-27,32,35,38,40,43-44,46-50,52-53,55-58,60-61,63-67H2,1-6H3,(H-,72,74,76,77)/b13-10-,22-19-,23-20-,30-28-,31-29-,34-33-,37-36-,41-39-,45-42-,54-51-,62-59-. The van der Waals surface area contributed by atoms with E-state index in [0.29, 0.717) is 23.9 Å². The largest absolute Gasteiger partial charge is 0.756 e. The van der Waals surface area contributed by atoms with E-state index in [0.717, 1.165) is 122 Å². The van der Waals surface area contributed by atoms with Gasteiger partial charge >= 0.3 is 5.97 Å². The van der Waals surface area contributed by atoms with Crippen LogP contribution in [0, 0.1) is 0 Å². The van der Waals surface area contributed by atoms with Crippen LogP contribution in [0.15, 0.2) is 134 Å². The van der Waals surface area contributed by atoms with Crippen molar-refractivity contribution >= 4 is 19.7 Å². The van der Waals surface area contributed by atoms with E-state index in [-0.39, 0.29) is 31.3 Å². The summed E-state index contributed by atoms with van der Waals surface area (Å²) in [7, 11) is 1.12. The number of likely N-dealkylation sites (N-methyl/N-ethyl adjacent to an activating group) is 1. The summed E-state index contributed by atoms with van der Waals surface area (Å²) in [5.74, 6) is -0.631. The Morgan fingerprint density at radius 2 is 0.802 bits per heavy atom. The van der Waals surface area contributed by atoms with Crippen molar-refractivity contribution in [3.8, 4) is 0 Å². The molecule has 0 aliphatic heterocycles. The molecule has 0 heterocycles. The monoisotopic (exact) mass is 1140 g/mol. The van der Waals surface area contributed by atoms with Crippen LogP contribution in [-0.2, 0) is 27.9 Å². The number of amides is 1. The van der Waals surface area contributed by atoms with Crippen LogP contribution in [-0.4, -0.2) is 69.4 Å². The maximum absolute atomic E-state index is 13.5. The third-order valence-electron chi connectivity index (χ3n) is 13.6. The zero-order valence-electron chi connectivity index (χ0n) is 52.7. The second kappa shape index (κ2) is 59.3. The summed E-state index contributed by atoms with van der Waals surface area (Å²) in [6.07, 6.45) is 84.3. The molecule has 0 saturated carbocycles. The van der Waals surface area contributed by atoms with Gasteiger partial charge in [-0.1, -0.05) is 251 Å². The van der Waals surface area contributed by atoms with Gasteiger partial charge in [0.15, 0.2) is 0 Å². The Morgan fingerprint density at radius 1 is 0.444 bits per heavy atom. The zero-order valence-corrected chi connectivity index (χ0v) is 53.6. The quantitative estimate of drug-likeness (QED) is 0.0212. The van der Waals surface area contributed by atoms with Crippen molar-refractivity contribution < 1.29 is 37.3 Å². The highest BCUT2D eigenvalue weighted by atomic mass is 31.2. The highest BCUT2D eigenvalue weighted by Crippen LogP contribution is 2.38. The van der Waals surface area contributed by atoms with E-state index >= 15 is 0 Å². The number of rotatable bonds is 57. The number of nitrogens with zero attached hydrogens (tertiary/aromatic N) is 1. The number of quaternary nitrogens is 1. The molecule has 0 saturated heterocycles. The molecule has 0 aromatic carbocycles. The molecule has 1 amide bonds. The Hall–Kier alpha value is -3.85. The predicted molar refractivity (Wildman–Crippen MR) is 348 cm³/mol. The average molecular weight is 1150 g/mol. The van der Waals surface area contributed by atoms with Crippen LogP contribution in [0.2, 0.25) is 0 Å². The second-order valence-electron chi connectivity index (χ2n) is 22.5. The molecular weight excluding hydrogens is 1020 g/mol. The van der Waals surface area contributed by atoms with Gasteiger partial charge in [-0.3, -0.25) is 14.2 Å². The van der Waals surface area contributed by atoms with Gasteiger partial charge in [-0.05, 0) is 122 Å². The first-order chi connectivity index (χ1) is 39.4. The molecule has 3 atom stereocenters. The summed E-state index contributed by atoms with van der Waals surface area (Å²) >= 11 is 0. The number of phosphoric acid groups is 1. The maximum Gasteiger partial charge on any atom is 0.306 e. The van der Waals surface area contributed by atoms with Crippen molar-refractivity contribution in [1.29, 1.82) is 0 Å². The third-order valence-corrected chi connectivity index (χ3v) is 14.5. The SMILES string of the molecule is CC/C=C\C/C=C\C/C=C\C/C=C\C/C=C\C/C=C\CCCCCCCCC(=O)OC(/C=C\CCCCCCCCCCCCC)C(COP(=O)([O-])OCC[N+](C)(C)C)NC(=O)CCC/C=C\C/C=C\C/C=C\C/C=C\CCCCC. The minimum atomic E-state index is -4.73. The molecule has 0 aromatic rings. The number of unbranched alkanes of at least 4 members (excludes halogenated alkanes) is 21. The molecule has 81 heavy (non-hydrogen) atoms. The molecule has 0 fully saturated rings. The van der Waals surface area contributed by atoms with Crippen molar-refractivity contribution in [2.24, 2.45) is 0 Å². The van der Waals surface area contributed by atoms with Gasteiger partial charge < -0.3 is 28.5 Å². The van der Waals surface area contributed by atoms with Gasteiger partial charge in [-0.25, -0.2) is 0 Å². The highest BCUT2D eigenvalue weighted by Gasteiger charge is 2.27. The molecule has 0 aromatic heterocycles. The summed E-state index contributed by atoms with van der Waals surface area (Å²) in [6, 6.07) is -0.933. The van der Waals surface area contributed by atoms with E-state index in [1.807, 2.05) is 33.3 Å². The Bertz CT molecular complexity index is 1850. The first-order valence-electron chi connectivity index (χ1n) is 32.5. The van der Waals surface area contributed by atoms with E-state index in [1.54, 1.807) is 0 Å². The summed E-state index contributed by atoms with van der Waals surface area (Å²) in [5, 5.41) is 2.99. The van der Waals surface area contributed by atoms with Crippen LogP contribution in [0.3, 0.4) is 0 Å². The predicted octanol–water partition coefficient (Wildman–Crippen LogP) is 19.8. The van der Waals surface area contributed by atoms with Gasteiger partial charge in [0.05, 0.1) is 33.8 Å². The van der Waals surface area contributed by atoms with Gasteiger partial charge in [0.25, 0.3) is 7.82 Å². The molecule has 462 valence electrons. The van der Waals surface area contributed by atoms with Crippen molar-refractivity contribution in [3.05, 3.63) is 134 Å². The number of phosphoric ester groups is 1. The Labute approximate surface area is 498 Å². The fraction of sp³-hybridized carbons (Fsp3) is 0.662. The van der Waals surface area contributed by atoms with Gasteiger partial charge in [-0.15, -0.1) is 0 Å². The molecule has 1 N–H and O–H groups in total. The summed E-state index contributed by atoms with van der Waals surface area (Å²) in [5.41, 5.74) is 0. The fourth-order valence-corrected chi connectivity index (χ4v) is 9.30. The molecule has 10 heteroatoms. The lowest BCUT2D eigenvalue weighted by molar-refractivity contribution is -0.870. The van der Waals surface area contributed by atoms with E-state index in [1.165, 1.54) is 83.5 Å². The lowest BCUT2D eigenvalue weighted by Gasteiger charge is -2.30. The molecule has 0 rings (SSSR count). The van der Waals surface area contributed by atoms with Gasteiger partial charge in [-0.2, -0.15) is 0 Å². The molecule has 0 bridgehead atoms. The number of hydrogen-bond donors (Lipinski definition) is 1. The Morgan fingerprint density at radius 3 is 1.23 bits per heavy atom. The van der Waals surface area contributed by atoms with Gasteiger partial charge in [0.1, 0.15) is 19.3 Å². The smallest absolute Gasteiger partial charge is 0.306 e. The molecule has 0 radical (unpaired) electrons. The van der Waals surface area contributed by atoms with Crippen LogP contribution >= 0.6 is 7.82 Å². The van der Waals surface area contributed by atoms with E-state index in [2.05, 4.69) is 148 Å². The fourth-order valence-electron chi connectivity index (χ4n) is 8.58. The minimum absolute atomic E-state index is 0.0421. The highest BCUT2D eigenvalue weighted by molar-refractivity contribution is 7.45. The van der Waals surface area contributed by atoms with Crippen LogP contribution < -0.4 is 10.2 Å². The van der Waals surface area contributed by atoms with Crippen LogP contribution in [0.5, 0.6) is 0 Å². The van der Waals surface area contributed by atoms with E-state index < -0.39 is 26.6 Å². The average Bonchev–Trinajstić information content (AvgIpc) is 3.44. The Balaban J connectivity index is 5.33. The first kappa shape index (κ1) is 77.2. The number of nitrogens with one attached hydrogen (secondary N) is 1. The lowest BCUT2D eigenvalue weighted by atomic mass is 10.0. The van der Waals surface area contributed by atoms with Gasteiger partial charge in [0.2, 0.25) is 5.91 Å². The lowest BCUT2D eigenvalue weighted by Crippen LogP contribution is -2.47. The van der Waals surface area contributed by atoms with Crippen molar-refractivity contribution in [3.63, 3.8) is 0 Å². The molecule has 0 spiro atoms. The maximum atomic E-state index is 13.5. The van der Waals surface area contributed by atoms with Gasteiger partial charge in [0, 0.05) is 12.8 Å². The van der Waals surface area contributed by atoms with Crippen molar-refractivity contribution in [1.82, 2.24) is 5.32 Å². The number of hydrogen-bond acceptors (Lipinski definition) is 7. The van der Waals surface area contributed by atoms with Crippen molar-refractivity contribution in [2.45, 2.75) is 264 Å². The van der Waals surface area contributed by atoms with E-state index in [9.17, 15) is 19.0 Å². The van der Waals surface area contributed by atoms with Crippen molar-refractivity contribution in [2.75, 3.05) is 40.9 Å². The molecule has 0 aliphatic rings. The second-order valence-corrected chi connectivity index (χ2v) is 23.9. The number of carbonyl (C=O) groups is 2. The number of esters is 1. The number of ether oxygens (including phenoxy) is 1. The summed E-state index contributed by atoms with van der Waals surface area (Å²) in [4.78, 5) is 40.0. The van der Waals surface area contributed by atoms with Crippen LogP contribution in [0.25, 0.3) is 0 Å². The molecule has 3 unspecified atom stereocenters. The minimum Gasteiger partial charge on any atom is -0.756 e. The Kier molecular flexibility index (Phi) is 56.5.